The van der Waals surface area contributed by atoms with Crippen molar-refractivity contribution in [3.8, 4) is 0 Å². The summed E-state index contributed by atoms with van der Waals surface area (Å²) in [5.41, 5.74) is 5.79. The molecule has 360 valence electrons. The Bertz CT molecular complexity index is 1350. The Balaban J connectivity index is 0.870. The molecule has 0 aromatic carbocycles. The van der Waals surface area contributed by atoms with Crippen LogP contribution in [0.1, 0.15) is 313 Å². The van der Waals surface area contributed by atoms with Crippen LogP contribution in [-0.4, -0.2) is 12.1 Å². The Morgan fingerprint density at radius 1 is 0.484 bits per heavy atom. The minimum atomic E-state index is 0.0354. The third-order valence-electron chi connectivity index (χ3n) is 20.1. The number of ether oxygens (including phenoxy) is 1. The maximum atomic E-state index is 13.3. The second-order valence-corrected chi connectivity index (χ2v) is 25.6. The van der Waals surface area contributed by atoms with Gasteiger partial charge in [-0.25, -0.2) is 0 Å². The highest BCUT2D eigenvalue weighted by Crippen LogP contribution is 2.75. The molecule has 5 aliphatic carbocycles. The van der Waals surface area contributed by atoms with E-state index in [2.05, 4.69) is 62.3 Å². The molecule has 2 heteroatoms. The summed E-state index contributed by atoms with van der Waals surface area (Å²) < 4.78 is 6.47. The monoisotopic (exact) mass is 861 g/mol. The van der Waals surface area contributed by atoms with E-state index in [-0.39, 0.29) is 17.5 Å². The standard InChI is InChI=1S/C60H108O2/c1-10-11-12-13-14-15-16-17-18-19-20-21-22-23-24-25-26-27-28-29-30-31-32-33-34-35-36-37-54(61)62-53-41-42-58(7)51(56(53,4)5)40-43-60(9)52(58)39-38-49-50-48-55(2,3)44-45-57(50,6)46-47-59(49,60)8/h51-53H,10-48H2,1-9H3/t51?,52-,53+,57-,58+,59-,60-/m1/s1. The molecule has 0 spiro atoms. The van der Waals surface area contributed by atoms with Gasteiger partial charge in [0.1, 0.15) is 6.10 Å². The van der Waals surface area contributed by atoms with Gasteiger partial charge in [0.25, 0.3) is 0 Å². The summed E-state index contributed by atoms with van der Waals surface area (Å²) in [6.45, 7) is 23.1. The molecular formula is C60H108O2. The van der Waals surface area contributed by atoms with Crippen LogP contribution in [0.3, 0.4) is 0 Å². The number of hydrogen-bond donors (Lipinski definition) is 0. The molecule has 0 bridgehead atoms. The van der Waals surface area contributed by atoms with Gasteiger partial charge in [-0.3, -0.25) is 4.79 Å². The first-order chi connectivity index (χ1) is 29.6. The number of carbonyl (C=O) groups excluding carboxylic acids is 1. The Labute approximate surface area is 388 Å². The van der Waals surface area contributed by atoms with Crippen LogP contribution in [0.5, 0.6) is 0 Å². The first-order valence-corrected chi connectivity index (χ1v) is 28.6. The van der Waals surface area contributed by atoms with E-state index in [9.17, 15) is 4.79 Å². The van der Waals surface area contributed by atoms with Crippen LogP contribution in [-0.2, 0) is 9.53 Å². The summed E-state index contributed by atoms with van der Waals surface area (Å²) >= 11 is 0. The van der Waals surface area contributed by atoms with Crippen LogP contribution in [0.25, 0.3) is 0 Å². The van der Waals surface area contributed by atoms with Crippen LogP contribution in [0.15, 0.2) is 11.1 Å². The van der Waals surface area contributed by atoms with E-state index in [4.69, 9.17) is 4.74 Å². The molecular weight excluding hydrogens is 753 g/mol. The number of unbranched alkanes of at least 4 members (excludes halogenated alkanes) is 26. The summed E-state index contributed by atoms with van der Waals surface area (Å²) in [6, 6.07) is 0. The number of esters is 1. The number of allylic oxidation sites excluding steroid dienone is 2. The number of carbonyl (C=O) groups is 1. The third-order valence-corrected chi connectivity index (χ3v) is 20.1. The zero-order chi connectivity index (χ0) is 44.7. The summed E-state index contributed by atoms with van der Waals surface area (Å²) in [5.74, 6) is 1.47. The molecule has 0 amide bonds. The summed E-state index contributed by atoms with van der Waals surface area (Å²) in [5, 5.41) is 0. The minimum absolute atomic E-state index is 0.0354. The van der Waals surface area contributed by atoms with Gasteiger partial charge in [0.2, 0.25) is 0 Å². The maximum absolute atomic E-state index is 13.3. The highest BCUT2D eigenvalue weighted by Gasteiger charge is 2.67. The first kappa shape index (κ1) is 52.2. The van der Waals surface area contributed by atoms with Crippen LogP contribution in [0.4, 0.5) is 0 Å². The largest absolute Gasteiger partial charge is 0.462 e. The smallest absolute Gasteiger partial charge is 0.306 e. The topological polar surface area (TPSA) is 26.3 Å². The lowest BCUT2D eigenvalue weighted by atomic mass is 9.34. The SMILES string of the molecule is CCCCCCCCCCCCCCCCCCCCCCCCCCCCCC(=O)O[C@H]1CC[C@@]2(C)C(CC[C@]3(C)[C@@H]2CCC2=C4CC(C)(C)CC[C@]4(C)CC[C@]23C)C1(C)C. The van der Waals surface area contributed by atoms with Crippen molar-refractivity contribution in [2.75, 3.05) is 0 Å². The van der Waals surface area contributed by atoms with Gasteiger partial charge in [-0.1, -0.05) is 240 Å². The Hall–Kier alpha value is -0.790. The van der Waals surface area contributed by atoms with Crippen molar-refractivity contribution < 1.29 is 9.53 Å². The highest BCUT2D eigenvalue weighted by atomic mass is 16.5. The molecule has 0 aliphatic heterocycles. The Morgan fingerprint density at radius 2 is 0.935 bits per heavy atom. The molecule has 5 aliphatic rings. The molecule has 0 radical (unpaired) electrons. The molecule has 4 fully saturated rings. The van der Waals surface area contributed by atoms with E-state index in [0.717, 1.165) is 18.8 Å². The number of rotatable bonds is 29. The van der Waals surface area contributed by atoms with E-state index in [1.165, 1.54) is 231 Å². The van der Waals surface area contributed by atoms with Crippen molar-refractivity contribution in [1.82, 2.24) is 0 Å². The van der Waals surface area contributed by atoms with Crippen molar-refractivity contribution in [2.24, 2.45) is 44.3 Å². The third kappa shape index (κ3) is 13.2. The van der Waals surface area contributed by atoms with Gasteiger partial charge in [0, 0.05) is 11.8 Å². The van der Waals surface area contributed by atoms with Crippen LogP contribution in [0, 0.1) is 44.3 Å². The predicted molar refractivity (Wildman–Crippen MR) is 270 cm³/mol. The van der Waals surface area contributed by atoms with Gasteiger partial charge in [-0.15, -0.1) is 0 Å². The van der Waals surface area contributed by atoms with E-state index in [0.29, 0.717) is 39.4 Å². The molecule has 4 saturated carbocycles. The van der Waals surface area contributed by atoms with Crippen molar-refractivity contribution in [2.45, 2.75) is 319 Å². The van der Waals surface area contributed by atoms with Gasteiger partial charge in [0.05, 0.1) is 0 Å². The van der Waals surface area contributed by atoms with Gasteiger partial charge in [-0.05, 0) is 116 Å². The average Bonchev–Trinajstić information content (AvgIpc) is 3.22. The average molecular weight is 862 g/mol. The molecule has 0 saturated heterocycles. The molecule has 62 heavy (non-hydrogen) atoms. The molecule has 5 rings (SSSR count). The van der Waals surface area contributed by atoms with Gasteiger partial charge < -0.3 is 4.74 Å². The van der Waals surface area contributed by atoms with E-state index in [1.54, 1.807) is 0 Å². The minimum Gasteiger partial charge on any atom is -0.462 e. The van der Waals surface area contributed by atoms with Crippen molar-refractivity contribution in [3.63, 3.8) is 0 Å². The normalized spacial score (nSPS) is 32.4. The van der Waals surface area contributed by atoms with Gasteiger partial charge in [-0.2, -0.15) is 0 Å². The van der Waals surface area contributed by atoms with Gasteiger partial charge >= 0.3 is 5.97 Å². The summed E-state index contributed by atoms with van der Waals surface area (Å²) in [4.78, 5) is 13.3. The second kappa shape index (κ2) is 24.3. The zero-order valence-electron chi connectivity index (χ0n) is 43.6. The molecule has 2 nitrogen and oxygen atoms in total. The Kier molecular flexibility index (Phi) is 20.4. The van der Waals surface area contributed by atoms with Crippen molar-refractivity contribution >= 4 is 5.97 Å². The van der Waals surface area contributed by atoms with Gasteiger partial charge in [0.15, 0.2) is 0 Å². The zero-order valence-corrected chi connectivity index (χ0v) is 43.6. The molecule has 1 unspecified atom stereocenters. The van der Waals surface area contributed by atoms with Crippen molar-refractivity contribution in [3.05, 3.63) is 11.1 Å². The molecule has 0 heterocycles. The highest BCUT2D eigenvalue weighted by molar-refractivity contribution is 5.69. The van der Waals surface area contributed by atoms with Crippen LogP contribution >= 0.6 is 0 Å². The maximum Gasteiger partial charge on any atom is 0.306 e. The van der Waals surface area contributed by atoms with Crippen molar-refractivity contribution in [1.29, 1.82) is 0 Å². The lowest BCUT2D eigenvalue weighted by molar-refractivity contribution is -0.214. The lowest BCUT2D eigenvalue weighted by Gasteiger charge is -2.71. The molecule has 0 aromatic heterocycles. The predicted octanol–water partition coefficient (Wildman–Crippen LogP) is 19.8. The molecule has 0 N–H and O–H groups in total. The Morgan fingerprint density at radius 3 is 1.42 bits per heavy atom. The summed E-state index contributed by atoms with van der Waals surface area (Å²) in [6.07, 6.45) is 53.3. The summed E-state index contributed by atoms with van der Waals surface area (Å²) in [7, 11) is 0. The number of fused-ring (bicyclic) bond motifs is 6. The number of hydrogen-bond acceptors (Lipinski definition) is 2. The fourth-order valence-electron chi connectivity index (χ4n) is 15.7. The first-order valence-electron chi connectivity index (χ1n) is 28.6. The van der Waals surface area contributed by atoms with Crippen LogP contribution < -0.4 is 0 Å². The van der Waals surface area contributed by atoms with Crippen LogP contribution in [0.2, 0.25) is 0 Å². The van der Waals surface area contributed by atoms with E-state index < -0.39 is 0 Å². The quantitative estimate of drug-likeness (QED) is 0.0425. The molecule has 7 atom stereocenters. The van der Waals surface area contributed by atoms with E-state index >= 15 is 0 Å². The fourth-order valence-corrected chi connectivity index (χ4v) is 15.7. The van der Waals surface area contributed by atoms with E-state index in [1.807, 2.05) is 11.1 Å². The lowest BCUT2D eigenvalue weighted by Crippen LogP contribution is -2.64. The fraction of sp³-hybridized carbons (Fsp3) is 0.950. The second-order valence-electron chi connectivity index (χ2n) is 25.6. The molecule has 0 aromatic rings.